The average molecular weight is 381 g/mol. The number of hydrogen-bond acceptors (Lipinski definition) is 2. The lowest BCUT2D eigenvalue weighted by Gasteiger charge is -2.50. The first-order chi connectivity index (χ1) is 10.3. The van der Waals surface area contributed by atoms with Crippen molar-refractivity contribution in [2.24, 2.45) is 0 Å². The molecule has 0 saturated heterocycles. The molecule has 2 nitrogen and oxygen atoms in total. The zero-order chi connectivity index (χ0) is 16.0. The molecule has 1 atom stereocenters. The van der Waals surface area contributed by atoms with Gasteiger partial charge in [0.05, 0.1) is 15.7 Å². The van der Waals surface area contributed by atoms with Crippen LogP contribution in [0.1, 0.15) is 30.2 Å². The van der Waals surface area contributed by atoms with E-state index >= 15 is 0 Å². The van der Waals surface area contributed by atoms with E-state index in [1.807, 2.05) is 0 Å². The van der Waals surface area contributed by atoms with Crippen LogP contribution in [-0.4, -0.2) is 16.0 Å². The molecule has 3 rings (SSSR count). The van der Waals surface area contributed by atoms with Crippen molar-refractivity contribution in [2.45, 2.75) is 30.3 Å². The van der Waals surface area contributed by atoms with Gasteiger partial charge in [-0.1, -0.05) is 35.3 Å². The number of rotatable bonds is 3. The molecule has 0 aliphatic heterocycles. The molecule has 124 valence electrons. The van der Waals surface area contributed by atoms with Crippen LogP contribution in [0.4, 0.5) is 8.78 Å². The fraction of sp³-hybridized carbons (Fsp3) is 0.312. The molecule has 2 aromatic rings. The molecule has 7 heteroatoms. The fourth-order valence-electron chi connectivity index (χ4n) is 3.05. The van der Waals surface area contributed by atoms with Gasteiger partial charge in [-0.2, -0.15) is 0 Å². The summed E-state index contributed by atoms with van der Waals surface area (Å²) < 4.78 is 27.2. The lowest BCUT2D eigenvalue weighted by atomic mass is 9.58. The van der Waals surface area contributed by atoms with Crippen LogP contribution >= 0.6 is 35.6 Å². The Hall–Kier alpha value is -0.940. The number of hydrogen-bond donors (Lipinski definition) is 1. The van der Waals surface area contributed by atoms with E-state index in [2.05, 4.69) is 4.98 Å². The molecule has 1 fully saturated rings. The van der Waals surface area contributed by atoms with Gasteiger partial charge < -0.3 is 5.11 Å². The van der Waals surface area contributed by atoms with Gasteiger partial charge in [0.15, 0.2) is 0 Å². The van der Waals surface area contributed by atoms with E-state index in [0.717, 1.165) is 0 Å². The van der Waals surface area contributed by atoms with Crippen LogP contribution < -0.4 is 0 Å². The van der Waals surface area contributed by atoms with Crippen LogP contribution in [0.3, 0.4) is 0 Å². The van der Waals surface area contributed by atoms with E-state index in [-0.39, 0.29) is 17.4 Å². The quantitative estimate of drug-likeness (QED) is 0.793. The van der Waals surface area contributed by atoms with Crippen molar-refractivity contribution in [1.29, 1.82) is 0 Å². The van der Waals surface area contributed by atoms with E-state index < -0.39 is 30.3 Å². The summed E-state index contributed by atoms with van der Waals surface area (Å²) in [6.07, 6.45) is -0.505. The van der Waals surface area contributed by atoms with E-state index in [9.17, 15) is 13.9 Å². The van der Waals surface area contributed by atoms with Crippen LogP contribution in [0, 0.1) is 0 Å². The van der Waals surface area contributed by atoms with Crippen molar-refractivity contribution in [2.75, 3.05) is 0 Å². The molecule has 1 unspecified atom stereocenters. The van der Waals surface area contributed by atoms with Crippen molar-refractivity contribution < 1.29 is 13.9 Å². The molecule has 1 aromatic heterocycles. The van der Waals surface area contributed by atoms with Gasteiger partial charge in [-0.25, -0.2) is 8.78 Å². The summed E-state index contributed by atoms with van der Waals surface area (Å²) in [6.45, 7) is 0. The highest BCUT2D eigenvalue weighted by Crippen LogP contribution is 2.59. The van der Waals surface area contributed by atoms with Gasteiger partial charge in [-0.05, 0) is 29.8 Å². The monoisotopic (exact) mass is 379 g/mol. The number of benzene rings is 1. The van der Waals surface area contributed by atoms with Crippen molar-refractivity contribution in [3.8, 4) is 0 Å². The first-order valence-corrected chi connectivity index (χ1v) is 7.52. The highest BCUT2D eigenvalue weighted by Gasteiger charge is 2.61. The Balaban J connectivity index is 0.00000192. The first-order valence-electron chi connectivity index (χ1n) is 6.76. The topological polar surface area (TPSA) is 33.1 Å². The highest BCUT2D eigenvalue weighted by molar-refractivity contribution is 6.42. The van der Waals surface area contributed by atoms with Crippen molar-refractivity contribution >= 4 is 35.6 Å². The van der Waals surface area contributed by atoms with Gasteiger partial charge in [0, 0.05) is 24.5 Å². The Bertz CT molecular complexity index is 689. The Labute approximate surface area is 148 Å². The van der Waals surface area contributed by atoms with Crippen molar-refractivity contribution in [1.82, 2.24) is 4.98 Å². The summed E-state index contributed by atoms with van der Waals surface area (Å²) in [4.78, 5) is 4.09. The molecule has 1 aliphatic carbocycles. The largest absolute Gasteiger partial charge is 0.386 e. The Morgan fingerprint density at radius 3 is 2.30 bits per heavy atom. The summed E-state index contributed by atoms with van der Waals surface area (Å²) in [5.74, 6) is -2.80. The number of aliphatic hydroxyl groups is 1. The molecule has 1 aliphatic rings. The average Bonchev–Trinajstić information content (AvgIpc) is 2.47. The third-order valence-electron chi connectivity index (χ3n) is 4.13. The molecule has 0 radical (unpaired) electrons. The maximum absolute atomic E-state index is 13.6. The van der Waals surface area contributed by atoms with Gasteiger partial charge in [0.1, 0.15) is 6.10 Å². The zero-order valence-electron chi connectivity index (χ0n) is 11.8. The summed E-state index contributed by atoms with van der Waals surface area (Å²) in [6, 6.07) is 9.78. The molecule has 1 heterocycles. The molecular weight excluding hydrogens is 367 g/mol. The third kappa shape index (κ3) is 3.31. The Morgan fingerprint density at radius 1 is 1.09 bits per heavy atom. The maximum Gasteiger partial charge on any atom is 0.250 e. The molecule has 0 bridgehead atoms. The Kier molecular flexibility index (Phi) is 5.21. The van der Waals surface area contributed by atoms with Crippen LogP contribution in [0.5, 0.6) is 0 Å². The maximum atomic E-state index is 13.6. The van der Waals surface area contributed by atoms with Crippen LogP contribution in [0.25, 0.3) is 0 Å². The minimum Gasteiger partial charge on any atom is -0.386 e. The van der Waals surface area contributed by atoms with Crippen LogP contribution in [-0.2, 0) is 5.41 Å². The standard InChI is InChI=1S/C16H13Cl2F2NO.ClH/c17-11-5-4-10(7-12(11)18)15(8-16(19,20)9-15)14(22)13-3-1-2-6-21-13;/h1-7,14,22H,8-9H2;1H. The van der Waals surface area contributed by atoms with Gasteiger partial charge in [0.25, 0.3) is 0 Å². The first kappa shape index (κ1) is 18.4. The number of aliphatic hydroxyl groups excluding tert-OH is 1. The molecule has 1 N–H and O–H groups in total. The van der Waals surface area contributed by atoms with Gasteiger partial charge >= 0.3 is 0 Å². The fourth-order valence-corrected chi connectivity index (χ4v) is 3.35. The van der Waals surface area contributed by atoms with Crippen LogP contribution in [0.15, 0.2) is 42.6 Å². The highest BCUT2D eigenvalue weighted by atomic mass is 35.5. The van der Waals surface area contributed by atoms with E-state index in [1.165, 1.54) is 6.20 Å². The second-order valence-electron chi connectivity index (χ2n) is 5.65. The van der Waals surface area contributed by atoms with Gasteiger partial charge in [0.2, 0.25) is 5.92 Å². The lowest BCUT2D eigenvalue weighted by molar-refractivity contribution is -0.163. The predicted molar refractivity (Wildman–Crippen MR) is 88.8 cm³/mol. The number of alkyl halides is 2. The van der Waals surface area contributed by atoms with Gasteiger partial charge in [-0.15, -0.1) is 12.4 Å². The number of halogens is 5. The number of aromatic nitrogens is 1. The zero-order valence-corrected chi connectivity index (χ0v) is 14.2. The summed E-state index contributed by atoms with van der Waals surface area (Å²) in [5, 5.41) is 11.3. The second kappa shape index (κ2) is 6.52. The van der Waals surface area contributed by atoms with Gasteiger partial charge in [-0.3, -0.25) is 4.98 Å². The molecule has 1 saturated carbocycles. The molecular formula is C16H14Cl3F2NO. The molecule has 0 spiro atoms. The molecule has 0 amide bonds. The van der Waals surface area contributed by atoms with E-state index in [1.54, 1.807) is 36.4 Å². The van der Waals surface area contributed by atoms with Crippen molar-refractivity contribution in [3.63, 3.8) is 0 Å². The lowest BCUT2D eigenvalue weighted by Crippen LogP contribution is -2.53. The second-order valence-corrected chi connectivity index (χ2v) is 6.47. The van der Waals surface area contributed by atoms with Crippen LogP contribution in [0.2, 0.25) is 10.0 Å². The molecule has 23 heavy (non-hydrogen) atoms. The normalized spacial score (nSPS) is 19.3. The minimum atomic E-state index is -2.80. The van der Waals surface area contributed by atoms with E-state index in [4.69, 9.17) is 23.2 Å². The predicted octanol–water partition coefficient (Wildman–Crippen LogP) is 5.21. The smallest absolute Gasteiger partial charge is 0.250 e. The summed E-state index contributed by atoms with van der Waals surface area (Å²) in [7, 11) is 0. The Morgan fingerprint density at radius 2 is 1.78 bits per heavy atom. The van der Waals surface area contributed by atoms with E-state index in [0.29, 0.717) is 16.3 Å². The number of pyridine rings is 1. The van der Waals surface area contributed by atoms with Crippen molar-refractivity contribution in [3.05, 3.63) is 63.9 Å². The summed E-state index contributed by atoms with van der Waals surface area (Å²) >= 11 is 11.9. The third-order valence-corrected chi connectivity index (χ3v) is 4.87. The minimum absolute atomic E-state index is 0. The number of nitrogens with zero attached hydrogens (tertiary/aromatic N) is 1. The SMILES string of the molecule is Cl.OC(c1ccccn1)C1(c2ccc(Cl)c(Cl)c2)CC(F)(F)C1. The molecule has 1 aromatic carbocycles. The summed E-state index contributed by atoms with van der Waals surface area (Å²) in [5.41, 5.74) is -0.193.